The molecule has 0 aliphatic carbocycles. The van der Waals surface area contributed by atoms with E-state index in [1.165, 1.54) is 6.92 Å². The van der Waals surface area contributed by atoms with Crippen molar-refractivity contribution in [3.05, 3.63) is 35.9 Å². The quantitative estimate of drug-likeness (QED) is 0.817. The van der Waals surface area contributed by atoms with E-state index in [1.807, 2.05) is 0 Å². The lowest BCUT2D eigenvalue weighted by atomic mass is 10.0. The van der Waals surface area contributed by atoms with Crippen molar-refractivity contribution in [1.82, 2.24) is 5.32 Å². The zero-order chi connectivity index (χ0) is 13.8. The van der Waals surface area contributed by atoms with E-state index in [2.05, 4.69) is 5.32 Å². The van der Waals surface area contributed by atoms with Gasteiger partial charge in [-0.3, -0.25) is 5.32 Å². The van der Waals surface area contributed by atoms with Crippen molar-refractivity contribution in [2.24, 2.45) is 0 Å². The second-order valence-electron chi connectivity index (χ2n) is 4.10. The fourth-order valence-electron chi connectivity index (χ4n) is 1.59. The highest BCUT2D eigenvalue weighted by Crippen LogP contribution is 2.34. The van der Waals surface area contributed by atoms with Crippen LogP contribution in [0.4, 0.5) is 13.2 Å². The highest BCUT2D eigenvalue weighted by atomic mass is 19.3. The number of benzene rings is 1. The largest absolute Gasteiger partial charge is 0.311 e. The van der Waals surface area contributed by atoms with Crippen LogP contribution in [-0.2, 0) is 0 Å². The number of hydrogen-bond acceptors (Lipinski definition) is 2. The summed E-state index contributed by atoms with van der Waals surface area (Å²) in [5.74, 6) is -7.10. The van der Waals surface area contributed by atoms with Gasteiger partial charge in [0.05, 0.1) is 0 Å². The normalized spacial score (nSPS) is 16.7. The molecule has 2 unspecified atom stereocenters. The van der Waals surface area contributed by atoms with Crippen LogP contribution in [0.15, 0.2) is 30.3 Å². The molecule has 0 heterocycles. The number of nitrogens with one attached hydrogen (secondary N) is 1. The Morgan fingerprint density at radius 2 is 1.83 bits per heavy atom. The number of alkyl halides is 3. The van der Waals surface area contributed by atoms with Gasteiger partial charge in [-0.15, -0.1) is 0 Å². The van der Waals surface area contributed by atoms with Crippen molar-refractivity contribution in [3.63, 3.8) is 0 Å². The molecule has 98 valence electrons. The van der Waals surface area contributed by atoms with E-state index in [0.717, 1.165) is 13.0 Å². The maximum atomic E-state index is 14.0. The summed E-state index contributed by atoms with van der Waals surface area (Å²) in [6.07, 6.45) is -0.744. The third-order valence-electron chi connectivity index (χ3n) is 2.82. The molecule has 0 aliphatic rings. The van der Waals surface area contributed by atoms with E-state index in [-0.39, 0.29) is 0 Å². The van der Waals surface area contributed by atoms with Gasteiger partial charge in [-0.25, -0.2) is 13.2 Å². The van der Waals surface area contributed by atoms with Crippen LogP contribution in [0.1, 0.15) is 31.9 Å². The van der Waals surface area contributed by atoms with Gasteiger partial charge in [0.15, 0.2) is 0 Å². The van der Waals surface area contributed by atoms with Crippen molar-refractivity contribution in [3.8, 4) is 6.07 Å². The van der Waals surface area contributed by atoms with Crippen LogP contribution in [0.2, 0.25) is 0 Å². The monoisotopic (exact) mass is 256 g/mol. The topological polar surface area (TPSA) is 35.8 Å². The van der Waals surface area contributed by atoms with Gasteiger partial charge in [-0.05, 0) is 12.5 Å². The van der Waals surface area contributed by atoms with E-state index in [4.69, 9.17) is 5.26 Å². The molecule has 0 aromatic heterocycles. The Labute approximate surface area is 104 Å². The Balaban J connectivity index is 2.92. The molecule has 2 atom stereocenters. The summed E-state index contributed by atoms with van der Waals surface area (Å²) in [6.45, 7) is 2.67. The zero-order valence-electron chi connectivity index (χ0n) is 10.3. The molecule has 0 spiro atoms. The standard InChI is InChI=1S/C13H15F3N2/c1-3-12(14,15)13(16,9-17)18-10(2)11-7-5-4-6-8-11/h4-8,10,18H,3H2,1-2H3. The number of nitrogens with zero attached hydrogens (tertiary/aromatic N) is 1. The van der Waals surface area contributed by atoms with E-state index in [9.17, 15) is 13.2 Å². The highest BCUT2D eigenvalue weighted by Gasteiger charge is 2.54. The van der Waals surface area contributed by atoms with Gasteiger partial charge in [-0.1, -0.05) is 37.3 Å². The van der Waals surface area contributed by atoms with Crippen LogP contribution < -0.4 is 5.32 Å². The first-order valence-corrected chi connectivity index (χ1v) is 5.67. The molecule has 0 aliphatic heterocycles. The van der Waals surface area contributed by atoms with Crippen molar-refractivity contribution in [2.45, 2.75) is 38.0 Å². The first-order chi connectivity index (χ1) is 8.36. The number of halogens is 3. The molecule has 0 saturated heterocycles. The van der Waals surface area contributed by atoms with Gasteiger partial charge in [0.2, 0.25) is 0 Å². The molecule has 5 heteroatoms. The Bertz CT molecular complexity index is 428. The maximum Gasteiger partial charge on any atom is 0.311 e. The van der Waals surface area contributed by atoms with Crippen LogP contribution in [0, 0.1) is 11.3 Å². The summed E-state index contributed by atoms with van der Waals surface area (Å²) in [4.78, 5) is 0. The number of nitriles is 1. The smallest absolute Gasteiger partial charge is 0.261 e. The molecule has 0 radical (unpaired) electrons. The summed E-state index contributed by atoms with van der Waals surface area (Å²) < 4.78 is 40.8. The molecule has 0 saturated carbocycles. The highest BCUT2D eigenvalue weighted by molar-refractivity contribution is 5.20. The zero-order valence-corrected chi connectivity index (χ0v) is 10.3. The minimum Gasteiger partial charge on any atom is -0.261 e. The third-order valence-corrected chi connectivity index (χ3v) is 2.82. The van der Waals surface area contributed by atoms with Crippen molar-refractivity contribution >= 4 is 0 Å². The Morgan fingerprint density at radius 1 is 1.28 bits per heavy atom. The predicted molar refractivity (Wildman–Crippen MR) is 62.7 cm³/mol. The summed E-state index contributed by atoms with van der Waals surface area (Å²) in [5, 5.41) is 10.8. The molecule has 0 amide bonds. The lowest BCUT2D eigenvalue weighted by Crippen LogP contribution is -2.54. The molecule has 1 aromatic rings. The first-order valence-electron chi connectivity index (χ1n) is 5.67. The molecule has 1 aromatic carbocycles. The average Bonchev–Trinajstić information content (AvgIpc) is 2.39. The van der Waals surface area contributed by atoms with Crippen LogP contribution >= 0.6 is 0 Å². The molecule has 1 rings (SSSR count). The van der Waals surface area contributed by atoms with Crippen molar-refractivity contribution < 1.29 is 13.2 Å². The number of hydrogen-bond donors (Lipinski definition) is 1. The molecule has 0 bridgehead atoms. The van der Waals surface area contributed by atoms with Crippen LogP contribution in [0.3, 0.4) is 0 Å². The third kappa shape index (κ3) is 2.82. The van der Waals surface area contributed by atoms with Crippen LogP contribution in [-0.4, -0.2) is 11.7 Å². The predicted octanol–water partition coefficient (Wildman–Crippen LogP) is 3.57. The molecule has 18 heavy (non-hydrogen) atoms. The van der Waals surface area contributed by atoms with E-state index < -0.39 is 24.2 Å². The summed E-state index contributed by atoms with van der Waals surface area (Å²) in [5.41, 5.74) is 0.640. The second-order valence-corrected chi connectivity index (χ2v) is 4.10. The lowest BCUT2D eigenvalue weighted by Gasteiger charge is -2.30. The fraction of sp³-hybridized carbons (Fsp3) is 0.462. The van der Waals surface area contributed by atoms with Gasteiger partial charge < -0.3 is 0 Å². The van der Waals surface area contributed by atoms with E-state index in [0.29, 0.717) is 5.56 Å². The van der Waals surface area contributed by atoms with Crippen LogP contribution in [0.5, 0.6) is 0 Å². The molecule has 1 N–H and O–H groups in total. The number of rotatable bonds is 5. The van der Waals surface area contributed by atoms with Crippen molar-refractivity contribution in [1.29, 1.82) is 5.26 Å². The lowest BCUT2D eigenvalue weighted by molar-refractivity contribution is -0.130. The van der Waals surface area contributed by atoms with Gasteiger partial charge in [-0.2, -0.15) is 5.26 Å². The van der Waals surface area contributed by atoms with Gasteiger partial charge >= 0.3 is 11.7 Å². The maximum absolute atomic E-state index is 14.0. The Morgan fingerprint density at radius 3 is 2.28 bits per heavy atom. The molecule has 0 fully saturated rings. The van der Waals surface area contributed by atoms with Gasteiger partial charge in [0.1, 0.15) is 6.07 Å². The van der Waals surface area contributed by atoms with Crippen molar-refractivity contribution in [2.75, 3.05) is 0 Å². The molecular formula is C13H15F3N2. The Kier molecular flexibility index (Phi) is 4.36. The molecule has 2 nitrogen and oxygen atoms in total. The van der Waals surface area contributed by atoms with Gasteiger partial charge in [0, 0.05) is 12.5 Å². The average molecular weight is 256 g/mol. The fourth-order valence-corrected chi connectivity index (χ4v) is 1.59. The second kappa shape index (κ2) is 5.40. The minimum absolute atomic E-state index is 0.640. The SMILES string of the molecule is CCC(F)(F)C(F)(C#N)NC(C)c1ccccc1. The van der Waals surface area contributed by atoms with E-state index in [1.54, 1.807) is 30.3 Å². The summed E-state index contributed by atoms with van der Waals surface area (Å²) >= 11 is 0. The summed E-state index contributed by atoms with van der Waals surface area (Å²) in [7, 11) is 0. The first kappa shape index (κ1) is 14.5. The minimum atomic E-state index is -3.73. The van der Waals surface area contributed by atoms with E-state index >= 15 is 0 Å². The summed E-state index contributed by atoms with van der Waals surface area (Å²) in [6, 6.07) is 8.92. The molecular weight excluding hydrogens is 241 g/mol. The van der Waals surface area contributed by atoms with Gasteiger partial charge in [0.25, 0.3) is 0 Å². The Hall–Kier alpha value is -1.54. The van der Waals surface area contributed by atoms with Crippen LogP contribution in [0.25, 0.3) is 0 Å².